The number of rotatable bonds is 2. The van der Waals surface area contributed by atoms with Gasteiger partial charge in [0.2, 0.25) is 0 Å². The van der Waals surface area contributed by atoms with Crippen molar-refractivity contribution in [2.45, 2.75) is 39.0 Å². The molecule has 1 aromatic carbocycles. The van der Waals surface area contributed by atoms with E-state index in [2.05, 4.69) is 0 Å². The Morgan fingerprint density at radius 3 is 2.62 bits per heavy atom. The Kier molecular flexibility index (Phi) is 3.37. The Hall–Kier alpha value is -1.18. The van der Waals surface area contributed by atoms with Gasteiger partial charge >= 0.3 is 0 Å². The molecular weight excluding hydrogens is 203 g/mol. The maximum atomic E-state index is 13.1. The van der Waals surface area contributed by atoms with Crippen LogP contribution in [0, 0.1) is 18.7 Å². The van der Waals surface area contributed by atoms with Gasteiger partial charge in [0.1, 0.15) is 5.82 Å². The van der Waals surface area contributed by atoms with Crippen molar-refractivity contribution in [1.82, 2.24) is 0 Å². The summed E-state index contributed by atoms with van der Waals surface area (Å²) in [5.74, 6) is -0.0595. The average molecular weight is 220 g/mol. The quantitative estimate of drug-likeness (QED) is 0.691. The van der Waals surface area contributed by atoms with Crippen molar-refractivity contribution >= 4 is 5.78 Å². The van der Waals surface area contributed by atoms with E-state index < -0.39 is 0 Å². The van der Waals surface area contributed by atoms with Gasteiger partial charge < -0.3 is 0 Å². The number of Topliss-reactive ketones (excluding diaryl/α,β-unsaturated/α-hetero) is 1. The number of hydrogen-bond donors (Lipinski definition) is 0. The summed E-state index contributed by atoms with van der Waals surface area (Å²) in [6, 6.07) is 4.48. The summed E-state index contributed by atoms with van der Waals surface area (Å²) < 4.78 is 13.1. The average Bonchev–Trinajstić information content (AvgIpc) is 2.32. The molecule has 0 amide bonds. The van der Waals surface area contributed by atoms with Crippen LogP contribution in [0.4, 0.5) is 4.39 Å². The molecule has 0 unspecified atom stereocenters. The first-order valence-electron chi connectivity index (χ1n) is 5.99. The van der Waals surface area contributed by atoms with Gasteiger partial charge in [-0.2, -0.15) is 0 Å². The van der Waals surface area contributed by atoms with Crippen molar-refractivity contribution in [2.24, 2.45) is 5.92 Å². The van der Waals surface area contributed by atoms with Crippen molar-refractivity contribution in [1.29, 1.82) is 0 Å². The number of carbonyl (C=O) groups excluding carboxylic acids is 1. The molecule has 1 saturated carbocycles. The van der Waals surface area contributed by atoms with E-state index in [0.717, 1.165) is 31.2 Å². The minimum Gasteiger partial charge on any atom is -0.294 e. The molecule has 16 heavy (non-hydrogen) atoms. The van der Waals surface area contributed by atoms with E-state index in [4.69, 9.17) is 0 Å². The Bertz CT molecular complexity index is 392. The summed E-state index contributed by atoms with van der Waals surface area (Å²) in [4.78, 5) is 12.2. The molecule has 0 saturated heterocycles. The number of hydrogen-bond acceptors (Lipinski definition) is 1. The minimum absolute atomic E-state index is 0.120. The fourth-order valence-corrected chi connectivity index (χ4v) is 2.44. The number of aryl methyl sites for hydroxylation is 1. The summed E-state index contributed by atoms with van der Waals surface area (Å²) in [6.07, 6.45) is 5.42. The smallest absolute Gasteiger partial charge is 0.166 e. The predicted octanol–water partition coefficient (Wildman–Crippen LogP) is 3.90. The highest BCUT2D eigenvalue weighted by molar-refractivity contribution is 5.99. The maximum Gasteiger partial charge on any atom is 0.166 e. The lowest BCUT2D eigenvalue weighted by Crippen LogP contribution is -2.18. The predicted molar refractivity (Wildman–Crippen MR) is 62.0 cm³/mol. The molecule has 2 rings (SSSR count). The summed E-state index contributed by atoms with van der Waals surface area (Å²) in [5, 5.41) is 0. The van der Waals surface area contributed by atoms with Gasteiger partial charge in [0, 0.05) is 11.5 Å². The van der Waals surface area contributed by atoms with E-state index in [1.165, 1.54) is 18.6 Å². The van der Waals surface area contributed by atoms with Gasteiger partial charge in [0.25, 0.3) is 0 Å². The van der Waals surface area contributed by atoms with Gasteiger partial charge in [-0.05, 0) is 37.5 Å². The second-order valence-electron chi connectivity index (χ2n) is 4.66. The first kappa shape index (κ1) is 11.3. The van der Waals surface area contributed by atoms with E-state index in [1.54, 1.807) is 6.07 Å². The molecule has 1 aliphatic rings. The van der Waals surface area contributed by atoms with Crippen LogP contribution < -0.4 is 0 Å². The zero-order chi connectivity index (χ0) is 11.5. The molecule has 0 aromatic heterocycles. The number of carbonyl (C=O) groups is 1. The molecule has 1 aromatic rings. The molecule has 0 spiro atoms. The molecule has 1 nitrogen and oxygen atoms in total. The van der Waals surface area contributed by atoms with Crippen LogP contribution >= 0.6 is 0 Å². The van der Waals surface area contributed by atoms with E-state index in [-0.39, 0.29) is 17.5 Å². The molecule has 86 valence electrons. The zero-order valence-corrected chi connectivity index (χ0v) is 9.63. The van der Waals surface area contributed by atoms with E-state index in [9.17, 15) is 9.18 Å². The van der Waals surface area contributed by atoms with E-state index in [1.807, 2.05) is 6.92 Å². The Morgan fingerprint density at radius 2 is 1.94 bits per heavy atom. The summed E-state index contributed by atoms with van der Waals surface area (Å²) in [6.45, 7) is 1.87. The topological polar surface area (TPSA) is 17.1 Å². The van der Waals surface area contributed by atoms with Crippen molar-refractivity contribution in [3.63, 3.8) is 0 Å². The molecule has 0 N–H and O–H groups in total. The monoisotopic (exact) mass is 220 g/mol. The lowest BCUT2D eigenvalue weighted by Gasteiger charge is -2.21. The molecule has 0 heterocycles. The fraction of sp³-hybridized carbons (Fsp3) is 0.500. The molecular formula is C14H17FO. The largest absolute Gasteiger partial charge is 0.294 e. The lowest BCUT2D eigenvalue weighted by atomic mass is 9.83. The highest BCUT2D eigenvalue weighted by Crippen LogP contribution is 2.28. The molecule has 2 heteroatoms. The maximum absolute atomic E-state index is 13.1. The van der Waals surface area contributed by atoms with Crippen LogP contribution in [0.25, 0.3) is 0 Å². The lowest BCUT2D eigenvalue weighted by molar-refractivity contribution is 0.0888. The molecule has 0 bridgehead atoms. The van der Waals surface area contributed by atoms with Gasteiger partial charge in [-0.15, -0.1) is 0 Å². The molecule has 1 aliphatic carbocycles. The van der Waals surface area contributed by atoms with E-state index in [0.29, 0.717) is 5.56 Å². The Morgan fingerprint density at radius 1 is 1.25 bits per heavy atom. The SMILES string of the molecule is Cc1ccc(F)cc1C(=O)C1CCCCC1. The van der Waals surface area contributed by atoms with Crippen LogP contribution in [0.1, 0.15) is 48.0 Å². The normalized spacial score (nSPS) is 17.4. The molecule has 0 atom stereocenters. The van der Waals surface area contributed by atoms with Crippen LogP contribution in [-0.4, -0.2) is 5.78 Å². The third-order valence-electron chi connectivity index (χ3n) is 3.44. The molecule has 0 radical (unpaired) electrons. The minimum atomic E-state index is -0.315. The standard InChI is InChI=1S/C14H17FO/c1-10-7-8-12(15)9-13(10)14(16)11-5-3-2-4-6-11/h7-9,11H,2-6H2,1H3. The first-order chi connectivity index (χ1) is 7.68. The van der Waals surface area contributed by atoms with Crippen molar-refractivity contribution in [3.05, 3.63) is 35.1 Å². The summed E-state index contributed by atoms with van der Waals surface area (Å²) in [7, 11) is 0. The highest BCUT2D eigenvalue weighted by Gasteiger charge is 2.23. The van der Waals surface area contributed by atoms with Crippen LogP contribution in [0.15, 0.2) is 18.2 Å². The van der Waals surface area contributed by atoms with Crippen LogP contribution in [-0.2, 0) is 0 Å². The van der Waals surface area contributed by atoms with Crippen molar-refractivity contribution in [3.8, 4) is 0 Å². The first-order valence-corrected chi connectivity index (χ1v) is 5.99. The van der Waals surface area contributed by atoms with Crippen molar-refractivity contribution in [2.75, 3.05) is 0 Å². The summed E-state index contributed by atoms with van der Waals surface area (Å²) in [5.41, 5.74) is 1.46. The Balaban J connectivity index is 2.22. The third-order valence-corrected chi connectivity index (χ3v) is 3.44. The van der Waals surface area contributed by atoms with Gasteiger partial charge in [-0.3, -0.25) is 4.79 Å². The zero-order valence-electron chi connectivity index (χ0n) is 9.63. The van der Waals surface area contributed by atoms with Crippen LogP contribution in [0.2, 0.25) is 0 Å². The van der Waals surface area contributed by atoms with Gasteiger partial charge in [-0.1, -0.05) is 25.3 Å². The van der Waals surface area contributed by atoms with Gasteiger partial charge in [0.15, 0.2) is 5.78 Å². The van der Waals surface area contributed by atoms with E-state index >= 15 is 0 Å². The highest BCUT2D eigenvalue weighted by atomic mass is 19.1. The van der Waals surface area contributed by atoms with Gasteiger partial charge in [-0.25, -0.2) is 4.39 Å². The fourth-order valence-electron chi connectivity index (χ4n) is 2.44. The van der Waals surface area contributed by atoms with Crippen molar-refractivity contribution < 1.29 is 9.18 Å². The molecule has 1 fully saturated rings. The number of benzene rings is 1. The third kappa shape index (κ3) is 2.31. The van der Waals surface area contributed by atoms with Crippen LogP contribution in [0.3, 0.4) is 0 Å². The second kappa shape index (κ2) is 4.77. The van der Waals surface area contributed by atoms with Gasteiger partial charge in [0.05, 0.1) is 0 Å². The molecule has 0 aliphatic heterocycles. The Labute approximate surface area is 95.7 Å². The van der Waals surface area contributed by atoms with Crippen LogP contribution in [0.5, 0.6) is 0 Å². The number of ketones is 1. The number of halogens is 1. The second-order valence-corrected chi connectivity index (χ2v) is 4.66. The summed E-state index contributed by atoms with van der Waals surface area (Å²) >= 11 is 0.